The summed E-state index contributed by atoms with van der Waals surface area (Å²) in [5.74, 6) is 0.709. The van der Waals surface area contributed by atoms with Crippen LogP contribution in [0.4, 0.5) is 22.0 Å². The van der Waals surface area contributed by atoms with Crippen LogP contribution in [0, 0.1) is 5.82 Å². The van der Waals surface area contributed by atoms with E-state index >= 15 is 0 Å². The molecule has 2 N–H and O–H groups in total. The van der Waals surface area contributed by atoms with Crippen molar-refractivity contribution < 1.29 is 4.39 Å². The molecule has 0 atom stereocenters. The van der Waals surface area contributed by atoms with Crippen LogP contribution in [-0.4, -0.2) is 40.9 Å². The molecule has 1 saturated heterocycles. The fourth-order valence-corrected chi connectivity index (χ4v) is 2.71. The molecule has 1 fully saturated rings. The van der Waals surface area contributed by atoms with Crippen LogP contribution < -0.4 is 15.5 Å². The Morgan fingerprint density at radius 2 is 1.86 bits per heavy atom. The second kappa shape index (κ2) is 5.40. The van der Waals surface area contributed by atoms with Gasteiger partial charge in [-0.25, -0.2) is 9.07 Å². The van der Waals surface area contributed by atoms with Crippen molar-refractivity contribution in [1.82, 2.24) is 14.8 Å². The van der Waals surface area contributed by atoms with E-state index in [-0.39, 0.29) is 11.8 Å². The standard InChI is InChI=1S/C13H16ClFN6/c1-19-13(17-12(16)18-19)21-6-4-20(5-7-21)11-3-2-9(14)8-10(11)15/h2-3,8H,4-7H2,1H3,(H2,16,18). The van der Waals surface area contributed by atoms with E-state index in [0.717, 1.165) is 19.0 Å². The van der Waals surface area contributed by atoms with E-state index < -0.39 is 0 Å². The van der Waals surface area contributed by atoms with Gasteiger partial charge in [-0.2, -0.15) is 4.98 Å². The first-order valence-corrected chi connectivity index (χ1v) is 7.04. The van der Waals surface area contributed by atoms with Crippen molar-refractivity contribution >= 4 is 29.2 Å². The summed E-state index contributed by atoms with van der Waals surface area (Å²) in [6.45, 7) is 2.86. The van der Waals surface area contributed by atoms with Gasteiger partial charge >= 0.3 is 0 Å². The number of benzene rings is 1. The fraction of sp³-hybridized carbons (Fsp3) is 0.385. The minimum Gasteiger partial charge on any atom is -0.366 e. The number of aryl methyl sites for hydroxylation is 1. The van der Waals surface area contributed by atoms with E-state index in [2.05, 4.69) is 15.0 Å². The second-order valence-corrected chi connectivity index (χ2v) is 5.40. The lowest BCUT2D eigenvalue weighted by Crippen LogP contribution is -2.47. The second-order valence-electron chi connectivity index (χ2n) is 4.96. The molecule has 21 heavy (non-hydrogen) atoms. The molecular weight excluding hydrogens is 295 g/mol. The monoisotopic (exact) mass is 310 g/mol. The molecule has 1 aromatic heterocycles. The highest BCUT2D eigenvalue weighted by Crippen LogP contribution is 2.24. The molecule has 2 aromatic rings. The lowest BCUT2D eigenvalue weighted by Gasteiger charge is -2.36. The Labute approximate surface area is 126 Å². The summed E-state index contributed by atoms with van der Waals surface area (Å²) in [6, 6.07) is 4.76. The molecule has 0 radical (unpaired) electrons. The molecule has 3 rings (SSSR count). The number of anilines is 3. The molecule has 6 nitrogen and oxygen atoms in total. The third-order valence-corrected chi connectivity index (χ3v) is 3.80. The van der Waals surface area contributed by atoms with E-state index in [1.807, 2.05) is 11.9 Å². The van der Waals surface area contributed by atoms with Crippen LogP contribution in [0.15, 0.2) is 18.2 Å². The first kappa shape index (κ1) is 13.9. The van der Waals surface area contributed by atoms with Gasteiger partial charge in [-0.05, 0) is 18.2 Å². The zero-order chi connectivity index (χ0) is 15.0. The van der Waals surface area contributed by atoms with E-state index in [1.165, 1.54) is 6.07 Å². The molecule has 0 aliphatic carbocycles. The molecule has 112 valence electrons. The predicted molar refractivity (Wildman–Crippen MR) is 81.3 cm³/mol. The molecule has 1 aromatic carbocycles. The summed E-state index contributed by atoms with van der Waals surface area (Å²) in [5.41, 5.74) is 6.18. The molecule has 1 aliphatic heterocycles. The number of nitrogen functional groups attached to an aromatic ring is 1. The van der Waals surface area contributed by atoms with E-state index in [4.69, 9.17) is 17.3 Å². The van der Waals surface area contributed by atoms with Gasteiger partial charge < -0.3 is 15.5 Å². The topological polar surface area (TPSA) is 63.2 Å². The molecule has 0 amide bonds. The summed E-state index contributed by atoms with van der Waals surface area (Å²) in [5, 5.41) is 4.45. The minimum absolute atomic E-state index is 0.263. The van der Waals surface area contributed by atoms with Gasteiger partial charge in [0.15, 0.2) is 0 Å². The van der Waals surface area contributed by atoms with Gasteiger partial charge in [0.2, 0.25) is 11.9 Å². The fourth-order valence-electron chi connectivity index (χ4n) is 2.56. The SMILES string of the molecule is Cn1nc(N)nc1N1CCN(c2ccc(Cl)cc2F)CC1. The minimum atomic E-state index is -0.293. The van der Waals surface area contributed by atoms with Crippen molar-refractivity contribution in [3.63, 3.8) is 0 Å². The van der Waals surface area contributed by atoms with Crippen LogP contribution >= 0.6 is 11.6 Å². The highest BCUT2D eigenvalue weighted by atomic mass is 35.5. The molecule has 0 saturated carbocycles. The van der Waals surface area contributed by atoms with Crippen LogP contribution in [-0.2, 0) is 7.05 Å². The van der Waals surface area contributed by atoms with Crippen LogP contribution in [0.1, 0.15) is 0 Å². The molecule has 0 unspecified atom stereocenters. The zero-order valence-corrected chi connectivity index (χ0v) is 12.4. The maximum absolute atomic E-state index is 13.9. The van der Waals surface area contributed by atoms with Crippen molar-refractivity contribution in [2.45, 2.75) is 0 Å². The summed E-state index contributed by atoms with van der Waals surface area (Å²) in [6.07, 6.45) is 0. The Morgan fingerprint density at radius 3 is 2.43 bits per heavy atom. The summed E-state index contributed by atoms with van der Waals surface area (Å²) in [4.78, 5) is 8.30. The number of nitrogens with zero attached hydrogens (tertiary/aromatic N) is 5. The van der Waals surface area contributed by atoms with Crippen molar-refractivity contribution in [3.05, 3.63) is 29.0 Å². The molecule has 0 bridgehead atoms. The average Bonchev–Trinajstić information content (AvgIpc) is 2.78. The van der Waals surface area contributed by atoms with Gasteiger partial charge in [0.1, 0.15) is 5.82 Å². The van der Waals surface area contributed by atoms with E-state index in [9.17, 15) is 4.39 Å². The Kier molecular flexibility index (Phi) is 3.59. The predicted octanol–water partition coefficient (Wildman–Crippen LogP) is 1.52. The summed E-state index contributed by atoms with van der Waals surface area (Å²) >= 11 is 5.78. The van der Waals surface area contributed by atoms with Crippen molar-refractivity contribution in [2.24, 2.45) is 7.05 Å². The van der Waals surface area contributed by atoms with Gasteiger partial charge in [0.05, 0.1) is 5.69 Å². The number of hydrogen-bond donors (Lipinski definition) is 1. The first-order valence-electron chi connectivity index (χ1n) is 6.66. The van der Waals surface area contributed by atoms with Gasteiger partial charge in [-0.3, -0.25) is 0 Å². The van der Waals surface area contributed by atoms with Crippen molar-refractivity contribution in [3.8, 4) is 0 Å². The highest BCUT2D eigenvalue weighted by molar-refractivity contribution is 6.30. The van der Waals surface area contributed by atoms with Gasteiger partial charge in [-0.15, -0.1) is 5.10 Å². The molecule has 2 heterocycles. The van der Waals surface area contributed by atoms with E-state index in [0.29, 0.717) is 23.8 Å². The summed E-state index contributed by atoms with van der Waals surface area (Å²) < 4.78 is 15.6. The van der Waals surface area contributed by atoms with Crippen molar-refractivity contribution in [2.75, 3.05) is 41.7 Å². The van der Waals surface area contributed by atoms with Crippen molar-refractivity contribution in [1.29, 1.82) is 0 Å². The lowest BCUT2D eigenvalue weighted by atomic mass is 10.2. The zero-order valence-electron chi connectivity index (χ0n) is 11.6. The molecular formula is C13H16ClFN6. The third kappa shape index (κ3) is 2.73. The van der Waals surface area contributed by atoms with Gasteiger partial charge in [-0.1, -0.05) is 11.6 Å². The van der Waals surface area contributed by atoms with Gasteiger partial charge in [0.25, 0.3) is 0 Å². The number of piperazine rings is 1. The van der Waals surface area contributed by atoms with E-state index in [1.54, 1.807) is 16.8 Å². The first-order chi connectivity index (χ1) is 10.0. The average molecular weight is 311 g/mol. The maximum atomic E-state index is 13.9. The quantitative estimate of drug-likeness (QED) is 0.911. The number of rotatable bonds is 2. The Bertz CT molecular complexity index is 650. The van der Waals surface area contributed by atoms with Crippen LogP contribution in [0.2, 0.25) is 5.02 Å². The number of nitrogens with two attached hydrogens (primary N) is 1. The van der Waals surface area contributed by atoms with Crippen LogP contribution in [0.25, 0.3) is 0 Å². The number of aromatic nitrogens is 3. The maximum Gasteiger partial charge on any atom is 0.241 e. The smallest absolute Gasteiger partial charge is 0.241 e. The largest absolute Gasteiger partial charge is 0.366 e. The van der Waals surface area contributed by atoms with Crippen LogP contribution in [0.3, 0.4) is 0 Å². The van der Waals surface area contributed by atoms with Gasteiger partial charge in [0, 0.05) is 38.2 Å². The Hall–Kier alpha value is -2.02. The van der Waals surface area contributed by atoms with Crippen LogP contribution in [0.5, 0.6) is 0 Å². The normalized spacial score (nSPS) is 15.6. The molecule has 0 spiro atoms. The highest BCUT2D eigenvalue weighted by Gasteiger charge is 2.22. The Balaban J connectivity index is 1.71. The Morgan fingerprint density at radius 1 is 1.19 bits per heavy atom. The number of hydrogen-bond acceptors (Lipinski definition) is 5. The lowest BCUT2D eigenvalue weighted by molar-refractivity contribution is 0.587. The summed E-state index contributed by atoms with van der Waals surface area (Å²) in [7, 11) is 1.81. The molecule has 1 aliphatic rings. The molecule has 8 heteroatoms. The number of halogens is 2. The third-order valence-electron chi connectivity index (χ3n) is 3.57.